The fourth-order valence-electron chi connectivity index (χ4n) is 8.94. The molecule has 0 saturated heterocycles. The lowest BCUT2D eigenvalue weighted by Gasteiger charge is -2.06. The second-order valence-electron chi connectivity index (χ2n) is 18.8. The van der Waals surface area contributed by atoms with Gasteiger partial charge in [-0.15, -0.1) is 4.73 Å². The number of unbranched alkanes of at least 4 members (excludes halogenated alkanes) is 46. The van der Waals surface area contributed by atoms with Crippen molar-refractivity contribution < 1.29 is 19.8 Å². The summed E-state index contributed by atoms with van der Waals surface area (Å²) in [6.45, 7) is 2.31. The fourth-order valence-corrected chi connectivity index (χ4v) is 8.94. The molecule has 0 saturated carbocycles. The van der Waals surface area contributed by atoms with Crippen molar-refractivity contribution in [2.45, 2.75) is 315 Å². The molecular weight excluding hydrogens is 727 g/mol. The topological polar surface area (TPSA) is 71.7 Å². The smallest absolute Gasteiger partial charge is 0.333 e. The minimum Gasteiger partial charge on any atom is -0.492 e. The van der Waals surface area contributed by atoms with Gasteiger partial charge in [0, 0.05) is 18.6 Å². The van der Waals surface area contributed by atoms with Crippen LogP contribution in [0.4, 0.5) is 0 Å². The van der Waals surface area contributed by atoms with Crippen LogP contribution in [0, 0.1) is 0 Å². The van der Waals surface area contributed by atoms with Crippen molar-refractivity contribution in [1.29, 1.82) is 0 Å². The Kier molecular flexibility index (Phi) is 43.0. The zero-order valence-electron chi connectivity index (χ0n) is 39.8. The first-order chi connectivity index (χ1) is 29.1. The molecule has 0 aromatic carbocycles. The van der Waals surface area contributed by atoms with E-state index in [0.717, 1.165) is 24.0 Å². The Bertz CT molecular complexity index is 956. The largest absolute Gasteiger partial charge is 0.492 e. The summed E-state index contributed by atoms with van der Waals surface area (Å²) in [7, 11) is 0. The molecule has 0 fully saturated rings. The number of aromatic nitrogens is 1. The molecule has 1 heterocycles. The van der Waals surface area contributed by atoms with E-state index in [1.165, 1.54) is 295 Å². The van der Waals surface area contributed by atoms with Crippen molar-refractivity contribution in [2.75, 3.05) is 0 Å². The molecule has 0 unspecified atom stereocenters. The predicted molar refractivity (Wildman–Crippen MR) is 257 cm³/mol. The van der Waals surface area contributed by atoms with E-state index in [1.54, 1.807) is 0 Å². The molecule has 0 atom stereocenters. The maximum Gasteiger partial charge on any atom is 0.333 e. The second-order valence-corrected chi connectivity index (χ2v) is 18.8. The van der Waals surface area contributed by atoms with Gasteiger partial charge in [-0.05, 0) is 6.42 Å². The lowest BCUT2D eigenvalue weighted by molar-refractivity contribution is -0.145. The minimum absolute atomic E-state index is 0.275. The van der Waals surface area contributed by atoms with Crippen LogP contribution < -0.4 is 4.84 Å². The van der Waals surface area contributed by atoms with Crippen molar-refractivity contribution in [1.82, 2.24) is 4.73 Å². The van der Waals surface area contributed by atoms with E-state index in [9.17, 15) is 15.0 Å². The number of hydrogen-bond acceptors (Lipinski definition) is 4. The molecule has 0 aliphatic rings. The van der Waals surface area contributed by atoms with E-state index < -0.39 is 5.97 Å². The summed E-state index contributed by atoms with van der Waals surface area (Å²) < 4.78 is 0.760. The van der Waals surface area contributed by atoms with Gasteiger partial charge in [-0.1, -0.05) is 302 Å². The first-order valence-corrected chi connectivity index (χ1v) is 27.0. The molecule has 1 aromatic heterocycles. The SMILES string of the molecule is CCCCCCCCCCCCCCCCCCCCCCCCCCCCCCCCCCCCCCCCCCCCCCCCCC(=O)On1c(O)ccc1O. The third kappa shape index (κ3) is 40.2. The number of carbonyl (C=O) groups excluding carboxylic acids is 1. The van der Waals surface area contributed by atoms with E-state index >= 15 is 0 Å². The van der Waals surface area contributed by atoms with Crippen LogP contribution in [-0.4, -0.2) is 20.9 Å². The summed E-state index contributed by atoms with van der Waals surface area (Å²) in [4.78, 5) is 16.8. The van der Waals surface area contributed by atoms with Gasteiger partial charge in [-0.2, -0.15) is 0 Å². The lowest BCUT2D eigenvalue weighted by atomic mass is 10.0. The zero-order chi connectivity index (χ0) is 42.4. The molecule has 5 nitrogen and oxygen atoms in total. The summed E-state index contributed by atoms with van der Waals surface area (Å²) in [5.74, 6) is -0.981. The van der Waals surface area contributed by atoms with E-state index in [2.05, 4.69) is 6.92 Å². The third-order valence-electron chi connectivity index (χ3n) is 13.0. The van der Waals surface area contributed by atoms with Crippen LogP contribution in [0.15, 0.2) is 12.1 Å². The van der Waals surface area contributed by atoms with Gasteiger partial charge in [0.1, 0.15) is 0 Å². The van der Waals surface area contributed by atoms with Crippen molar-refractivity contribution in [2.24, 2.45) is 0 Å². The van der Waals surface area contributed by atoms with Crippen molar-refractivity contribution in [3.05, 3.63) is 12.1 Å². The van der Waals surface area contributed by atoms with Gasteiger partial charge in [0.05, 0.1) is 0 Å². The Labute approximate surface area is 368 Å². The van der Waals surface area contributed by atoms with E-state index in [4.69, 9.17) is 4.84 Å². The van der Waals surface area contributed by atoms with E-state index in [-0.39, 0.29) is 11.8 Å². The van der Waals surface area contributed by atoms with Gasteiger partial charge in [0.25, 0.3) is 0 Å². The van der Waals surface area contributed by atoms with Gasteiger partial charge in [-0.25, -0.2) is 4.79 Å². The summed E-state index contributed by atoms with van der Waals surface area (Å²) in [5.41, 5.74) is 0. The Morgan fingerprint density at radius 1 is 0.339 bits per heavy atom. The van der Waals surface area contributed by atoms with Gasteiger partial charge in [-0.3, -0.25) is 0 Å². The van der Waals surface area contributed by atoms with Crippen LogP contribution in [0.5, 0.6) is 11.8 Å². The third-order valence-corrected chi connectivity index (χ3v) is 13.0. The number of aromatic hydroxyl groups is 2. The standard InChI is InChI=1S/C54H103NO4/c1-2-3-4-5-6-7-8-9-10-11-12-13-14-15-16-17-18-19-20-21-22-23-24-25-26-27-28-29-30-31-32-33-34-35-36-37-38-39-40-41-42-43-44-45-46-47-48-49-54(58)59-55-52(56)50-51-53(55)57/h50-51,56-57H,2-49H2,1H3. The Balaban J connectivity index is 1.62. The average Bonchev–Trinajstić information content (AvgIpc) is 3.55. The highest BCUT2D eigenvalue weighted by molar-refractivity contribution is 5.69. The molecule has 0 bridgehead atoms. The van der Waals surface area contributed by atoms with Crippen LogP contribution in [0.25, 0.3) is 0 Å². The first-order valence-electron chi connectivity index (χ1n) is 27.0. The van der Waals surface area contributed by atoms with Crippen LogP contribution in [0.3, 0.4) is 0 Å². The summed E-state index contributed by atoms with van der Waals surface area (Å²) in [6, 6.07) is 2.58. The lowest BCUT2D eigenvalue weighted by Crippen LogP contribution is -2.18. The molecule has 2 N–H and O–H groups in total. The van der Waals surface area contributed by atoms with Gasteiger partial charge >= 0.3 is 5.97 Å². The van der Waals surface area contributed by atoms with Gasteiger partial charge in [0.2, 0.25) is 11.8 Å². The Morgan fingerprint density at radius 2 is 0.508 bits per heavy atom. The second kappa shape index (κ2) is 45.9. The van der Waals surface area contributed by atoms with Crippen molar-refractivity contribution in [3.8, 4) is 11.8 Å². The highest BCUT2D eigenvalue weighted by atomic mass is 16.7. The van der Waals surface area contributed by atoms with Crippen LogP contribution in [0.2, 0.25) is 0 Å². The molecular formula is C54H103NO4. The fraction of sp³-hybridized carbons (Fsp3) is 0.907. The maximum absolute atomic E-state index is 11.9. The highest BCUT2D eigenvalue weighted by Crippen LogP contribution is 2.21. The molecule has 0 radical (unpaired) electrons. The molecule has 5 heteroatoms. The van der Waals surface area contributed by atoms with Crippen molar-refractivity contribution >= 4 is 5.97 Å². The summed E-state index contributed by atoms with van der Waals surface area (Å²) in [5, 5.41) is 19.1. The van der Waals surface area contributed by atoms with E-state index in [1.807, 2.05) is 0 Å². The normalized spacial score (nSPS) is 11.5. The molecule has 59 heavy (non-hydrogen) atoms. The highest BCUT2D eigenvalue weighted by Gasteiger charge is 2.11. The average molecular weight is 830 g/mol. The maximum atomic E-state index is 11.9. The van der Waals surface area contributed by atoms with Crippen LogP contribution in [0.1, 0.15) is 315 Å². The molecule has 348 valence electrons. The molecule has 0 amide bonds. The zero-order valence-corrected chi connectivity index (χ0v) is 39.8. The number of rotatable bonds is 49. The quantitative estimate of drug-likeness (QED) is 0.0642. The first kappa shape index (κ1) is 55.4. The van der Waals surface area contributed by atoms with E-state index in [0.29, 0.717) is 6.42 Å². The predicted octanol–water partition coefficient (Wildman–Crippen LogP) is 18.6. The molecule has 1 aromatic rings. The summed E-state index contributed by atoms with van der Waals surface area (Å²) in [6.07, 6.45) is 66.9. The van der Waals surface area contributed by atoms with Crippen molar-refractivity contribution in [3.63, 3.8) is 0 Å². The number of hydrogen-bond donors (Lipinski definition) is 2. The number of nitrogens with zero attached hydrogens (tertiary/aromatic N) is 1. The molecule has 0 spiro atoms. The summed E-state index contributed by atoms with van der Waals surface area (Å²) >= 11 is 0. The Morgan fingerprint density at radius 3 is 0.695 bits per heavy atom. The molecule has 0 aliphatic carbocycles. The monoisotopic (exact) mass is 830 g/mol. The molecule has 1 rings (SSSR count). The number of carbonyl (C=O) groups is 1. The minimum atomic E-state index is -0.431. The van der Waals surface area contributed by atoms with Gasteiger partial charge < -0.3 is 15.1 Å². The van der Waals surface area contributed by atoms with Gasteiger partial charge in [0.15, 0.2) is 0 Å². The Hall–Kier alpha value is -1.65. The van der Waals surface area contributed by atoms with Crippen LogP contribution >= 0.6 is 0 Å². The van der Waals surface area contributed by atoms with Crippen LogP contribution in [-0.2, 0) is 4.79 Å². The molecule has 0 aliphatic heterocycles.